The van der Waals surface area contributed by atoms with Gasteiger partial charge in [0.15, 0.2) is 0 Å². The molecule has 2 fully saturated rings. The van der Waals surface area contributed by atoms with Gasteiger partial charge in [0.05, 0.1) is 20.8 Å². The van der Waals surface area contributed by atoms with Crippen molar-refractivity contribution in [3.8, 4) is 0 Å². The highest BCUT2D eigenvalue weighted by atomic mass is 32.1. The first-order chi connectivity index (χ1) is 19.0. The van der Waals surface area contributed by atoms with Crippen molar-refractivity contribution in [2.24, 2.45) is 10.8 Å². The fraction of sp³-hybridized carbons (Fsp3) is 0.483. The average molecular weight is 572 g/mol. The zero-order valence-corrected chi connectivity index (χ0v) is 23.6. The van der Waals surface area contributed by atoms with E-state index in [2.05, 4.69) is 17.2 Å². The lowest BCUT2D eigenvalue weighted by Gasteiger charge is -2.46. The zero-order chi connectivity index (χ0) is 28.7. The molecule has 11 heteroatoms. The number of nitrogens with zero attached hydrogens (tertiary/aromatic N) is 3. The number of nitrogens with one attached hydrogen (secondary N) is 2. The van der Waals surface area contributed by atoms with E-state index in [1.54, 1.807) is 0 Å². The predicted octanol–water partition coefficient (Wildman–Crippen LogP) is 5.14. The number of anilines is 1. The van der Waals surface area contributed by atoms with E-state index in [4.69, 9.17) is 4.98 Å². The normalized spacial score (nSPS) is 20.9. The molecule has 40 heavy (non-hydrogen) atoms. The van der Waals surface area contributed by atoms with Crippen LogP contribution in [0.25, 0.3) is 11.0 Å². The maximum absolute atomic E-state index is 13.1. The van der Waals surface area contributed by atoms with E-state index >= 15 is 0 Å². The molecule has 214 valence electrons. The number of fused-ring (bicyclic) bond motifs is 1. The number of imidazole rings is 1. The van der Waals surface area contributed by atoms with Crippen LogP contribution < -0.4 is 10.6 Å². The van der Waals surface area contributed by atoms with Gasteiger partial charge in [-0.15, -0.1) is 11.3 Å². The number of hydrogen-bond donors (Lipinski definition) is 3. The molecule has 0 atom stereocenters. The summed E-state index contributed by atoms with van der Waals surface area (Å²) in [4.78, 5) is 31.9. The van der Waals surface area contributed by atoms with Crippen LogP contribution in [-0.2, 0) is 11.3 Å². The molecule has 1 saturated heterocycles. The molecule has 1 aliphatic heterocycles. The van der Waals surface area contributed by atoms with Gasteiger partial charge in [-0.25, -0.2) is 13.8 Å². The van der Waals surface area contributed by atoms with Crippen molar-refractivity contribution in [3.05, 3.63) is 58.3 Å². The third-order valence-electron chi connectivity index (χ3n) is 8.03. The van der Waals surface area contributed by atoms with Crippen LogP contribution in [0.2, 0.25) is 0 Å². The van der Waals surface area contributed by atoms with E-state index in [1.807, 2.05) is 41.5 Å². The second kappa shape index (κ2) is 11.0. The number of aromatic nitrogens is 2. The minimum Gasteiger partial charge on any atom is -0.396 e. The summed E-state index contributed by atoms with van der Waals surface area (Å²) in [5.41, 5.74) is 2.42. The molecule has 2 amide bonds. The van der Waals surface area contributed by atoms with Crippen molar-refractivity contribution >= 4 is 40.1 Å². The Bertz CT molecular complexity index is 1430. The Labute approximate surface area is 236 Å². The molecule has 1 saturated carbocycles. The standard InChI is InChI=1S/C29H35F2N5O3S/c1-4-24(38)35-10-9-29(16-35)12-19(13-29)36-21-6-5-18(14-32-15-28(2,3)17-37)11-20(21)33-27(36)34-26(39)23-8-7-22(40-23)25(30)31/h4-8,11,19,25,32,37H,1,9-10,12-17H2,2-3H3,(H,33,34,39). The summed E-state index contributed by atoms with van der Waals surface area (Å²) in [7, 11) is 0. The monoisotopic (exact) mass is 571 g/mol. The SMILES string of the molecule is C=CC(=O)N1CCC2(CC(n3c(NC(=O)c4ccc(C(F)F)s4)nc4cc(CNCC(C)(C)CO)ccc43)C2)C1. The summed E-state index contributed by atoms with van der Waals surface area (Å²) in [5, 5.41) is 15.8. The molecule has 0 bridgehead atoms. The third-order valence-corrected chi connectivity index (χ3v) is 9.12. The van der Waals surface area contributed by atoms with E-state index in [0.29, 0.717) is 32.1 Å². The topological polar surface area (TPSA) is 99.5 Å². The molecule has 8 nitrogen and oxygen atoms in total. The molecule has 1 aromatic carbocycles. The van der Waals surface area contributed by atoms with Crippen molar-refractivity contribution in [3.63, 3.8) is 0 Å². The lowest BCUT2D eigenvalue weighted by Crippen LogP contribution is -2.42. The molecule has 3 aromatic rings. The molecular formula is C29H35F2N5O3S. The van der Waals surface area contributed by atoms with Crippen molar-refractivity contribution < 1.29 is 23.5 Å². The summed E-state index contributed by atoms with van der Waals surface area (Å²) >= 11 is 0.774. The summed E-state index contributed by atoms with van der Waals surface area (Å²) in [5.74, 6) is -0.140. The number of halogens is 2. The van der Waals surface area contributed by atoms with Gasteiger partial charge in [0.25, 0.3) is 12.3 Å². The highest BCUT2D eigenvalue weighted by molar-refractivity contribution is 7.14. The van der Waals surface area contributed by atoms with Crippen LogP contribution in [0.4, 0.5) is 14.7 Å². The Morgan fingerprint density at radius 3 is 2.75 bits per heavy atom. The summed E-state index contributed by atoms with van der Waals surface area (Å²) < 4.78 is 28.3. The molecule has 1 spiro atoms. The number of carbonyl (C=O) groups is 2. The number of alkyl halides is 2. The van der Waals surface area contributed by atoms with Crippen molar-refractivity contribution in [1.82, 2.24) is 19.8 Å². The van der Waals surface area contributed by atoms with Gasteiger partial charge in [0, 0.05) is 44.2 Å². The number of aliphatic hydroxyl groups is 1. The van der Waals surface area contributed by atoms with Gasteiger partial charge in [-0.2, -0.15) is 0 Å². The highest BCUT2D eigenvalue weighted by Crippen LogP contribution is 2.55. The molecule has 3 N–H and O–H groups in total. The lowest BCUT2D eigenvalue weighted by atomic mass is 9.64. The summed E-state index contributed by atoms with van der Waals surface area (Å²) in [6, 6.07) is 8.76. The lowest BCUT2D eigenvalue weighted by molar-refractivity contribution is -0.125. The molecule has 2 aromatic heterocycles. The first-order valence-corrected chi connectivity index (χ1v) is 14.3. The minimum atomic E-state index is -2.63. The zero-order valence-electron chi connectivity index (χ0n) is 22.8. The highest BCUT2D eigenvalue weighted by Gasteiger charge is 2.50. The molecular weight excluding hydrogens is 536 g/mol. The number of likely N-dealkylation sites (tertiary alicyclic amines) is 1. The number of thiophene rings is 1. The maximum Gasteiger partial charge on any atom is 0.272 e. The average Bonchev–Trinajstić information content (AvgIpc) is 3.64. The molecule has 5 rings (SSSR count). The number of amides is 2. The smallest absolute Gasteiger partial charge is 0.272 e. The van der Waals surface area contributed by atoms with Gasteiger partial charge in [0.1, 0.15) is 0 Å². The molecule has 0 radical (unpaired) electrons. The Balaban J connectivity index is 1.39. The fourth-order valence-corrected chi connectivity index (χ4v) is 6.54. The molecule has 1 aliphatic carbocycles. The van der Waals surface area contributed by atoms with Gasteiger partial charge in [-0.1, -0.05) is 26.5 Å². The van der Waals surface area contributed by atoms with Crippen LogP contribution >= 0.6 is 11.3 Å². The summed E-state index contributed by atoms with van der Waals surface area (Å²) in [6.45, 7) is 10.3. The number of carbonyl (C=O) groups excluding carboxylic acids is 2. The van der Waals surface area contributed by atoms with Crippen LogP contribution in [0.3, 0.4) is 0 Å². The predicted molar refractivity (Wildman–Crippen MR) is 152 cm³/mol. The van der Waals surface area contributed by atoms with E-state index in [0.717, 1.165) is 47.2 Å². The van der Waals surface area contributed by atoms with E-state index in [1.165, 1.54) is 18.2 Å². The second-order valence-corrected chi connectivity index (χ2v) is 12.9. The third kappa shape index (κ3) is 5.68. The van der Waals surface area contributed by atoms with E-state index in [9.17, 15) is 23.5 Å². The van der Waals surface area contributed by atoms with Gasteiger partial charge in [0.2, 0.25) is 11.9 Å². The Morgan fingerprint density at radius 1 is 1.30 bits per heavy atom. The first-order valence-electron chi connectivity index (χ1n) is 13.5. The number of benzene rings is 1. The number of hydrogen-bond acceptors (Lipinski definition) is 6. The van der Waals surface area contributed by atoms with Gasteiger partial charge in [-0.05, 0) is 60.6 Å². The Kier molecular flexibility index (Phi) is 7.82. The number of rotatable bonds is 10. The first kappa shape index (κ1) is 28.4. The number of aliphatic hydroxyl groups excluding tert-OH is 1. The van der Waals surface area contributed by atoms with Gasteiger partial charge >= 0.3 is 0 Å². The van der Waals surface area contributed by atoms with Gasteiger partial charge in [-0.3, -0.25) is 14.9 Å². The van der Waals surface area contributed by atoms with Crippen LogP contribution in [0.1, 0.15) is 65.7 Å². The van der Waals surface area contributed by atoms with Crippen molar-refractivity contribution in [2.45, 2.75) is 52.1 Å². The van der Waals surface area contributed by atoms with Crippen LogP contribution in [-0.4, -0.2) is 57.6 Å². The minimum absolute atomic E-state index is 0.0322. The molecule has 3 heterocycles. The second-order valence-electron chi connectivity index (χ2n) is 11.8. The fourth-order valence-electron chi connectivity index (χ4n) is 5.78. The molecule has 2 aliphatic rings. The van der Waals surface area contributed by atoms with Crippen molar-refractivity contribution in [2.75, 3.05) is 31.6 Å². The quantitative estimate of drug-likeness (QED) is 0.293. The van der Waals surface area contributed by atoms with Crippen molar-refractivity contribution in [1.29, 1.82) is 0 Å². The Hall–Kier alpha value is -3.15. The molecule has 0 unspecified atom stereocenters. The largest absolute Gasteiger partial charge is 0.396 e. The van der Waals surface area contributed by atoms with Crippen LogP contribution in [0.5, 0.6) is 0 Å². The van der Waals surface area contributed by atoms with Crippen LogP contribution in [0, 0.1) is 10.8 Å². The Morgan fingerprint density at radius 2 is 2.08 bits per heavy atom. The van der Waals surface area contributed by atoms with Gasteiger partial charge < -0.3 is 19.9 Å². The van der Waals surface area contributed by atoms with E-state index in [-0.39, 0.29) is 39.1 Å². The summed E-state index contributed by atoms with van der Waals surface area (Å²) in [6.07, 6.45) is 1.33. The van der Waals surface area contributed by atoms with Crippen LogP contribution in [0.15, 0.2) is 43.0 Å². The van der Waals surface area contributed by atoms with E-state index < -0.39 is 12.3 Å². The maximum atomic E-state index is 13.1.